The van der Waals surface area contributed by atoms with Gasteiger partial charge in [-0.1, -0.05) is 35.2 Å². The molecule has 1 unspecified atom stereocenters. The van der Waals surface area contributed by atoms with Crippen LogP contribution in [0.3, 0.4) is 0 Å². The van der Waals surface area contributed by atoms with Crippen LogP contribution in [0, 0.1) is 13.8 Å². The summed E-state index contributed by atoms with van der Waals surface area (Å²) in [5, 5.41) is 9.67. The largest absolute Gasteiger partial charge is 0.305 e. The topological polar surface area (TPSA) is 37.8 Å². The second-order valence-electron chi connectivity index (χ2n) is 4.18. The Labute approximate surface area is 106 Å². The van der Waals surface area contributed by atoms with Crippen molar-refractivity contribution in [3.63, 3.8) is 0 Å². The van der Waals surface area contributed by atoms with Crippen LogP contribution in [-0.2, 0) is 0 Å². The number of aryl methyl sites for hydroxylation is 2. The number of benzene rings is 1. The second kappa shape index (κ2) is 5.38. The molecule has 2 aromatic rings. The third-order valence-corrected chi connectivity index (χ3v) is 3.35. The molecule has 0 bridgehead atoms. The first-order chi connectivity index (χ1) is 8.22. The third kappa shape index (κ3) is 2.70. The van der Waals surface area contributed by atoms with E-state index in [1.54, 1.807) is 0 Å². The van der Waals surface area contributed by atoms with Crippen molar-refractivity contribution in [2.75, 3.05) is 6.54 Å². The number of hydrogen-bond acceptors (Lipinski definition) is 4. The van der Waals surface area contributed by atoms with Gasteiger partial charge in [-0.3, -0.25) is 0 Å². The lowest BCUT2D eigenvalue weighted by Gasteiger charge is -2.18. The number of aromatic nitrogens is 2. The molecule has 0 aliphatic rings. The van der Waals surface area contributed by atoms with Gasteiger partial charge in [-0.2, -0.15) is 0 Å². The maximum atomic E-state index is 4.19. The van der Waals surface area contributed by atoms with Gasteiger partial charge in [0, 0.05) is 5.38 Å². The van der Waals surface area contributed by atoms with Crippen LogP contribution in [-0.4, -0.2) is 16.1 Å². The summed E-state index contributed by atoms with van der Waals surface area (Å²) in [7, 11) is 0. The number of nitrogens with zero attached hydrogens (tertiary/aromatic N) is 2. The summed E-state index contributed by atoms with van der Waals surface area (Å²) in [6.45, 7) is 7.28. The first-order valence-corrected chi connectivity index (χ1v) is 6.63. The fourth-order valence-corrected chi connectivity index (χ4v) is 2.43. The van der Waals surface area contributed by atoms with Crippen LogP contribution in [0.5, 0.6) is 0 Å². The quantitative estimate of drug-likeness (QED) is 0.902. The standard InChI is InChI=1S/C13H17N3S/c1-4-14-13(12-8-17-16-15-12)11-7-9(2)5-6-10(11)3/h5-8,13-14H,4H2,1-3H3. The summed E-state index contributed by atoms with van der Waals surface area (Å²) in [5.74, 6) is 0. The zero-order valence-electron chi connectivity index (χ0n) is 10.4. The van der Waals surface area contributed by atoms with Crippen molar-refractivity contribution in [2.45, 2.75) is 26.8 Å². The predicted octanol–water partition coefficient (Wildman–Crippen LogP) is 2.85. The Balaban J connectivity index is 2.42. The van der Waals surface area contributed by atoms with Crippen molar-refractivity contribution >= 4 is 11.5 Å². The summed E-state index contributed by atoms with van der Waals surface area (Å²) >= 11 is 1.40. The molecule has 2 rings (SSSR count). The van der Waals surface area contributed by atoms with E-state index >= 15 is 0 Å². The molecule has 0 spiro atoms. The van der Waals surface area contributed by atoms with E-state index in [1.807, 2.05) is 5.38 Å². The van der Waals surface area contributed by atoms with E-state index in [0.29, 0.717) is 0 Å². The van der Waals surface area contributed by atoms with Gasteiger partial charge in [0.1, 0.15) is 0 Å². The van der Waals surface area contributed by atoms with E-state index in [9.17, 15) is 0 Å². The van der Waals surface area contributed by atoms with Crippen LogP contribution in [0.4, 0.5) is 0 Å². The van der Waals surface area contributed by atoms with E-state index in [-0.39, 0.29) is 6.04 Å². The SMILES string of the molecule is CCNC(c1csnn1)c1cc(C)ccc1C. The molecule has 90 valence electrons. The summed E-state index contributed by atoms with van der Waals surface area (Å²) in [6.07, 6.45) is 0. The van der Waals surface area contributed by atoms with E-state index in [1.165, 1.54) is 28.2 Å². The van der Waals surface area contributed by atoms with E-state index < -0.39 is 0 Å². The van der Waals surface area contributed by atoms with Crippen LogP contribution in [0.2, 0.25) is 0 Å². The Morgan fingerprint density at radius 3 is 2.82 bits per heavy atom. The van der Waals surface area contributed by atoms with E-state index in [4.69, 9.17) is 0 Å². The van der Waals surface area contributed by atoms with Crippen LogP contribution in [0.25, 0.3) is 0 Å². The first-order valence-electron chi connectivity index (χ1n) is 5.80. The maximum Gasteiger partial charge on any atom is 0.0970 e. The molecule has 17 heavy (non-hydrogen) atoms. The molecule has 0 radical (unpaired) electrons. The molecule has 3 nitrogen and oxygen atoms in total. The highest BCUT2D eigenvalue weighted by atomic mass is 32.1. The first kappa shape index (κ1) is 12.2. The van der Waals surface area contributed by atoms with Crippen molar-refractivity contribution in [3.05, 3.63) is 46.0 Å². The Kier molecular flexibility index (Phi) is 3.86. The molecule has 0 amide bonds. The fraction of sp³-hybridized carbons (Fsp3) is 0.385. The molecule has 1 aromatic heterocycles. The summed E-state index contributed by atoms with van der Waals surface area (Å²) < 4.78 is 3.95. The number of nitrogens with one attached hydrogen (secondary N) is 1. The third-order valence-electron chi connectivity index (χ3n) is 2.83. The molecule has 0 saturated heterocycles. The molecule has 0 aliphatic heterocycles. The zero-order chi connectivity index (χ0) is 12.3. The van der Waals surface area contributed by atoms with Gasteiger partial charge >= 0.3 is 0 Å². The average Bonchev–Trinajstić information content (AvgIpc) is 2.83. The van der Waals surface area contributed by atoms with Gasteiger partial charge in [0.25, 0.3) is 0 Å². The lowest BCUT2D eigenvalue weighted by molar-refractivity contribution is 0.610. The van der Waals surface area contributed by atoms with Crippen molar-refractivity contribution in [1.82, 2.24) is 14.9 Å². The van der Waals surface area contributed by atoms with Crippen molar-refractivity contribution in [2.24, 2.45) is 0 Å². The average molecular weight is 247 g/mol. The zero-order valence-corrected chi connectivity index (χ0v) is 11.2. The van der Waals surface area contributed by atoms with Gasteiger partial charge in [-0.25, -0.2) is 0 Å². The second-order valence-corrected chi connectivity index (χ2v) is 4.79. The number of hydrogen-bond donors (Lipinski definition) is 1. The van der Waals surface area contributed by atoms with E-state index in [2.05, 4.69) is 53.9 Å². The molecule has 1 heterocycles. The van der Waals surface area contributed by atoms with Gasteiger partial charge in [0.05, 0.1) is 11.7 Å². The Morgan fingerprint density at radius 2 is 2.18 bits per heavy atom. The maximum absolute atomic E-state index is 4.19. The molecular weight excluding hydrogens is 230 g/mol. The summed E-state index contributed by atoms with van der Waals surface area (Å²) in [4.78, 5) is 0. The Bertz CT molecular complexity index is 479. The Morgan fingerprint density at radius 1 is 1.35 bits per heavy atom. The molecule has 0 aliphatic carbocycles. The van der Waals surface area contributed by atoms with Gasteiger partial charge in [-0.05, 0) is 43.1 Å². The highest BCUT2D eigenvalue weighted by Gasteiger charge is 2.17. The van der Waals surface area contributed by atoms with Gasteiger partial charge < -0.3 is 5.32 Å². The molecule has 1 aromatic carbocycles. The highest BCUT2D eigenvalue weighted by molar-refractivity contribution is 7.03. The van der Waals surface area contributed by atoms with E-state index in [0.717, 1.165) is 12.2 Å². The Hall–Kier alpha value is -1.26. The van der Waals surface area contributed by atoms with Crippen LogP contribution < -0.4 is 5.32 Å². The monoisotopic (exact) mass is 247 g/mol. The molecule has 1 atom stereocenters. The van der Waals surface area contributed by atoms with Gasteiger partial charge in [0.2, 0.25) is 0 Å². The van der Waals surface area contributed by atoms with Gasteiger partial charge in [0.15, 0.2) is 0 Å². The molecular formula is C13H17N3S. The van der Waals surface area contributed by atoms with Crippen molar-refractivity contribution in [1.29, 1.82) is 0 Å². The van der Waals surface area contributed by atoms with Crippen LogP contribution in [0.15, 0.2) is 23.6 Å². The minimum atomic E-state index is 0.152. The normalized spacial score (nSPS) is 12.6. The number of rotatable bonds is 4. The predicted molar refractivity (Wildman–Crippen MR) is 71.3 cm³/mol. The molecule has 0 saturated carbocycles. The summed E-state index contributed by atoms with van der Waals surface area (Å²) in [5.41, 5.74) is 4.86. The minimum absolute atomic E-state index is 0.152. The fourth-order valence-electron chi connectivity index (χ4n) is 1.95. The lowest BCUT2D eigenvalue weighted by atomic mass is 9.97. The van der Waals surface area contributed by atoms with Crippen LogP contribution in [0.1, 0.15) is 35.3 Å². The molecule has 0 fully saturated rings. The smallest absolute Gasteiger partial charge is 0.0970 e. The molecule has 4 heteroatoms. The highest BCUT2D eigenvalue weighted by Crippen LogP contribution is 2.24. The molecule has 1 N–H and O–H groups in total. The summed E-state index contributed by atoms with van der Waals surface area (Å²) in [6, 6.07) is 6.68. The minimum Gasteiger partial charge on any atom is -0.305 e. The van der Waals surface area contributed by atoms with Crippen LogP contribution >= 0.6 is 11.5 Å². The van der Waals surface area contributed by atoms with Gasteiger partial charge in [-0.15, -0.1) is 5.10 Å². The van der Waals surface area contributed by atoms with Crippen molar-refractivity contribution in [3.8, 4) is 0 Å². The lowest BCUT2D eigenvalue weighted by Crippen LogP contribution is -2.23. The van der Waals surface area contributed by atoms with Crippen molar-refractivity contribution < 1.29 is 0 Å².